The van der Waals surface area contributed by atoms with E-state index in [-0.39, 0.29) is 4.83 Å². The molecule has 1 aromatic rings. The maximum Gasteiger partial charge on any atom is 0.348 e. The summed E-state index contributed by atoms with van der Waals surface area (Å²) in [6, 6.07) is 0. The molecule has 5 nitrogen and oxygen atoms in total. The molecule has 0 bridgehead atoms. The lowest BCUT2D eigenvalue weighted by molar-refractivity contribution is -0.144. The molecule has 0 aromatic carbocycles. The van der Waals surface area contributed by atoms with E-state index in [0.29, 0.717) is 0 Å². The lowest BCUT2D eigenvalue weighted by atomic mass is 10.5. The Labute approximate surface area is 71.4 Å². The molecule has 1 aromatic heterocycles. The topological polar surface area (TPSA) is 57.0 Å². The van der Waals surface area contributed by atoms with Crippen LogP contribution in [0.4, 0.5) is 0 Å². The quantitative estimate of drug-likeness (QED) is 0.520. The monoisotopic (exact) mass is 219 g/mol. The van der Waals surface area contributed by atoms with Crippen molar-refractivity contribution < 1.29 is 9.63 Å². The van der Waals surface area contributed by atoms with Crippen molar-refractivity contribution in [1.82, 2.24) is 15.2 Å². The van der Waals surface area contributed by atoms with Crippen molar-refractivity contribution in [2.45, 2.75) is 11.8 Å². The van der Waals surface area contributed by atoms with Crippen molar-refractivity contribution >= 4 is 21.9 Å². The molecule has 0 aliphatic rings. The van der Waals surface area contributed by atoms with E-state index in [4.69, 9.17) is 0 Å². The molecule has 1 atom stereocenters. The van der Waals surface area contributed by atoms with Crippen molar-refractivity contribution in [3.05, 3.63) is 12.4 Å². The van der Waals surface area contributed by atoms with Crippen LogP contribution < -0.4 is 4.84 Å². The number of rotatable bonds is 2. The average Bonchev–Trinajstić information content (AvgIpc) is 2.39. The van der Waals surface area contributed by atoms with Gasteiger partial charge in [0.1, 0.15) is 4.83 Å². The molecule has 0 aliphatic heterocycles. The second-order valence-electron chi connectivity index (χ2n) is 1.83. The minimum atomic E-state index is -0.407. The van der Waals surface area contributed by atoms with Gasteiger partial charge in [0.05, 0.1) is 12.4 Å². The number of halogens is 1. The van der Waals surface area contributed by atoms with Gasteiger partial charge in [-0.3, -0.25) is 0 Å². The van der Waals surface area contributed by atoms with Gasteiger partial charge in [0.25, 0.3) is 0 Å². The van der Waals surface area contributed by atoms with E-state index in [1.165, 1.54) is 12.4 Å². The van der Waals surface area contributed by atoms with Gasteiger partial charge in [-0.2, -0.15) is 0 Å². The van der Waals surface area contributed by atoms with Crippen LogP contribution in [0.1, 0.15) is 6.92 Å². The van der Waals surface area contributed by atoms with Crippen molar-refractivity contribution in [2.75, 3.05) is 0 Å². The van der Waals surface area contributed by atoms with Gasteiger partial charge < -0.3 is 4.84 Å². The number of aromatic nitrogens is 3. The lowest BCUT2D eigenvalue weighted by Crippen LogP contribution is -2.25. The predicted molar refractivity (Wildman–Crippen MR) is 40.0 cm³/mol. The molecule has 0 N–H and O–H groups in total. The highest BCUT2D eigenvalue weighted by atomic mass is 79.9. The molecule has 1 unspecified atom stereocenters. The Hall–Kier alpha value is -0.910. The molecule has 0 spiro atoms. The fraction of sp³-hybridized carbons (Fsp3) is 0.400. The molecule has 1 rings (SSSR count). The van der Waals surface area contributed by atoms with Crippen LogP contribution in [0.2, 0.25) is 0 Å². The minimum Gasteiger partial charge on any atom is -0.317 e. The van der Waals surface area contributed by atoms with Gasteiger partial charge >= 0.3 is 5.97 Å². The van der Waals surface area contributed by atoms with Crippen molar-refractivity contribution in [3.63, 3.8) is 0 Å². The van der Waals surface area contributed by atoms with Gasteiger partial charge in [-0.25, -0.2) is 4.79 Å². The maximum atomic E-state index is 10.9. The highest BCUT2D eigenvalue weighted by molar-refractivity contribution is 9.10. The highest BCUT2D eigenvalue weighted by Crippen LogP contribution is 1.96. The Balaban J connectivity index is 2.50. The van der Waals surface area contributed by atoms with Crippen LogP contribution in [0.5, 0.6) is 0 Å². The number of hydrogen-bond acceptors (Lipinski definition) is 4. The smallest absolute Gasteiger partial charge is 0.317 e. The number of nitrogens with zero attached hydrogens (tertiary/aromatic N) is 3. The summed E-state index contributed by atoms with van der Waals surface area (Å²) in [5.74, 6) is -0.407. The van der Waals surface area contributed by atoms with E-state index < -0.39 is 5.97 Å². The molecule has 0 aliphatic carbocycles. The predicted octanol–water partition coefficient (Wildman–Crippen LogP) is 0.0167. The maximum absolute atomic E-state index is 10.9. The summed E-state index contributed by atoms with van der Waals surface area (Å²) >= 11 is 3.05. The van der Waals surface area contributed by atoms with E-state index in [9.17, 15) is 4.79 Å². The van der Waals surface area contributed by atoms with E-state index in [2.05, 4.69) is 31.1 Å². The largest absolute Gasteiger partial charge is 0.348 e. The molecule has 0 saturated carbocycles. The van der Waals surface area contributed by atoms with Crippen LogP contribution in [0.3, 0.4) is 0 Å². The molecule has 60 valence electrons. The van der Waals surface area contributed by atoms with Gasteiger partial charge in [0.2, 0.25) is 0 Å². The molecule has 0 fully saturated rings. The van der Waals surface area contributed by atoms with E-state index in [1.54, 1.807) is 6.92 Å². The zero-order chi connectivity index (χ0) is 8.27. The summed E-state index contributed by atoms with van der Waals surface area (Å²) in [5, 5.41) is 6.90. The Morgan fingerprint density at radius 1 is 1.82 bits per heavy atom. The number of carbonyl (C=O) groups is 1. The van der Waals surface area contributed by atoms with Gasteiger partial charge in [0.15, 0.2) is 0 Å². The van der Waals surface area contributed by atoms with Crippen molar-refractivity contribution in [2.24, 2.45) is 0 Å². The van der Waals surface area contributed by atoms with Crippen molar-refractivity contribution in [1.29, 1.82) is 0 Å². The van der Waals surface area contributed by atoms with Crippen LogP contribution in [0, 0.1) is 0 Å². The van der Waals surface area contributed by atoms with Crippen molar-refractivity contribution in [3.8, 4) is 0 Å². The molecule has 0 radical (unpaired) electrons. The Bertz CT molecular complexity index is 234. The first-order chi connectivity index (χ1) is 5.20. The summed E-state index contributed by atoms with van der Waals surface area (Å²) in [6.45, 7) is 1.67. The minimum absolute atomic E-state index is 0.341. The molecule has 1 heterocycles. The third-order valence-corrected chi connectivity index (χ3v) is 1.28. The zero-order valence-electron chi connectivity index (χ0n) is 5.77. The molecular weight excluding hydrogens is 214 g/mol. The van der Waals surface area contributed by atoms with Gasteiger partial charge in [-0.05, 0) is 12.1 Å². The third-order valence-electron chi connectivity index (χ3n) is 0.909. The summed E-state index contributed by atoms with van der Waals surface area (Å²) in [6.07, 6.45) is 2.86. The molecule has 0 amide bonds. The van der Waals surface area contributed by atoms with E-state index >= 15 is 0 Å². The van der Waals surface area contributed by atoms with Crippen LogP contribution in [-0.2, 0) is 4.79 Å². The van der Waals surface area contributed by atoms with Crippen LogP contribution in [0.25, 0.3) is 0 Å². The Kier molecular flexibility index (Phi) is 2.58. The van der Waals surface area contributed by atoms with Gasteiger partial charge in [-0.15, -0.1) is 5.10 Å². The molecule has 0 saturated heterocycles. The Morgan fingerprint density at radius 2 is 2.55 bits per heavy atom. The zero-order valence-corrected chi connectivity index (χ0v) is 7.35. The number of hydrogen-bond donors (Lipinski definition) is 0. The third kappa shape index (κ3) is 2.30. The van der Waals surface area contributed by atoms with Gasteiger partial charge in [-0.1, -0.05) is 20.8 Å². The lowest BCUT2D eigenvalue weighted by Gasteiger charge is -2.01. The summed E-state index contributed by atoms with van der Waals surface area (Å²) in [4.78, 5) is 16.2. The molecular formula is C5H6BrN3O2. The molecule has 11 heavy (non-hydrogen) atoms. The number of alkyl halides is 1. The standard InChI is InChI=1S/C5H6BrN3O2/c1-4(6)5(10)11-9-3-2-7-8-9/h2-4H,1H3. The van der Waals surface area contributed by atoms with Crippen LogP contribution >= 0.6 is 15.9 Å². The van der Waals surface area contributed by atoms with Crippen LogP contribution in [0.15, 0.2) is 12.4 Å². The summed E-state index contributed by atoms with van der Waals surface area (Å²) < 4.78 is 0. The van der Waals surface area contributed by atoms with Crippen LogP contribution in [-0.4, -0.2) is 26.0 Å². The first-order valence-corrected chi connectivity index (χ1v) is 3.84. The second kappa shape index (κ2) is 3.47. The summed E-state index contributed by atoms with van der Waals surface area (Å²) in [5.41, 5.74) is 0. The SMILES string of the molecule is CC(Br)C(=O)On1ccnn1. The fourth-order valence-corrected chi connectivity index (χ4v) is 0.494. The number of carbonyl (C=O) groups excluding carboxylic acids is 1. The van der Waals surface area contributed by atoms with E-state index in [1.807, 2.05) is 0 Å². The fourth-order valence-electron chi connectivity index (χ4n) is 0.411. The molecule has 6 heteroatoms. The first-order valence-electron chi connectivity index (χ1n) is 2.92. The summed E-state index contributed by atoms with van der Waals surface area (Å²) in [7, 11) is 0. The Morgan fingerprint density at radius 3 is 3.00 bits per heavy atom. The average molecular weight is 220 g/mol. The second-order valence-corrected chi connectivity index (χ2v) is 3.21. The first kappa shape index (κ1) is 8.19. The van der Waals surface area contributed by atoms with E-state index in [0.717, 1.165) is 4.85 Å². The normalized spacial score (nSPS) is 12.5. The van der Waals surface area contributed by atoms with Gasteiger partial charge in [0, 0.05) is 0 Å². The highest BCUT2D eigenvalue weighted by Gasteiger charge is 2.11.